The lowest BCUT2D eigenvalue weighted by Crippen LogP contribution is -2.78. The van der Waals surface area contributed by atoms with Gasteiger partial charge >= 0.3 is 29.8 Å². The molecule has 0 radical (unpaired) electrons. The molecule has 2 fully saturated rings. The molecule has 10 atom stereocenters. The summed E-state index contributed by atoms with van der Waals surface area (Å²) in [6.45, 7) is 12.9. The maximum atomic E-state index is 13.0. The molecule has 0 aromatic heterocycles. The number of hydrogen-bond acceptors (Lipinski definition) is 11. The monoisotopic (exact) mass is 690 g/mol. The summed E-state index contributed by atoms with van der Waals surface area (Å²) in [5, 5.41) is 53.5. The van der Waals surface area contributed by atoms with Crippen molar-refractivity contribution in [1.82, 2.24) is 0 Å². The molecule has 2 aliphatic rings. The average molecular weight is 691 g/mol. The van der Waals surface area contributed by atoms with Gasteiger partial charge in [-0.1, -0.05) is 77.1 Å². The molecule has 14 nitrogen and oxygen atoms in total. The van der Waals surface area contributed by atoms with Crippen LogP contribution in [-0.4, -0.2) is 96.8 Å². The van der Waals surface area contributed by atoms with E-state index in [-0.39, 0.29) is 23.8 Å². The number of carbonyl (C=O) groups is 5. The standard InChI is InChI=1S/C35H46O14/c1-7-19(2)17-20(3)13-14-25(37)47-28-27(38)33(48-29(30(39)40)34(45,31(41)42)35(28,49-33)32(43)44)16-15-21(4)26(46-23(6)36)22(5)18-24-11-9-8-10-12-24/h8-14,19-20,22,26-29,38,45H,4,7,15-18H2,1-3,5-6H3,(H,39,40)(H,41,42)(H,43,44)/b14-13+/t19?,20?,22?,26?,27-,28-,29?,33?,34?,35?/m1/s1. The zero-order chi connectivity index (χ0) is 36.9. The fourth-order valence-electron chi connectivity index (χ4n) is 6.58. The summed E-state index contributed by atoms with van der Waals surface area (Å²) in [6.07, 6.45) is -4.83. The van der Waals surface area contributed by atoms with E-state index in [0.29, 0.717) is 18.8 Å². The number of aliphatic hydroxyl groups excluding tert-OH is 1. The van der Waals surface area contributed by atoms with Crippen molar-refractivity contribution in [2.24, 2.45) is 17.8 Å². The van der Waals surface area contributed by atoms with Gasteiger partial charge in [0.1, 0.15) is 12.2 Å². The molecule has 1 aromatic rings. The van der Waals surface area contributed by atoms with Crippen LogP contribution in [-0.2, 0) is 49.3 Å². The van der Waals surface area contributed by atoms with Crippen LogP contribution < -0.4 is 0 Å². The third-order valence-corrected chi connectivity index (χ3v) is 9.29. The highest BCUT2D eigenvalue weighted by Gasteiger charge is 2.85. The number of carboxylic acids is 3. The molecular formula is C35H46O14. The summed E-state index contributed by atoms with van der Waals surface area (Å²) in [4.78, 5) is 63.0. The maximum Gasteiger partial charge on any atom is 0.344 e. The quantitative estimate of drug-likeness (QED) is 0.0901. The Kier molecular flexibility index (Phi) is 12.5. The van der Waals surface area contributed by atoms with E-state index in [1.54, 1.807) is 6.92 Å². The number of fused-ring (bicyclic) bond motifs is 2. The normalized spacial score (nSPS) is 30.1. The van der Waals surface area contributed by atoms with E-state index < -0.39 is 77.7 Å². The van der Waals surface area contributed by atoms with Gasteiger partial charge in [-0.2, -0.15) is 0 Å². The highest BCUT2D eigenvalue weighted by molar-refractivity contribution is 5.98. The molecule has 0 amide bonds. The van der Waals surface area contributed by atoms with Gasteiger partial charge in [0.05, 0.1) is 0 Å². The van der Waals surface area contributed by atoms with Crippen LogP contribution in [0.4, 0.5) is 0 Å². The summed E-state index contributed by atoms with van der Waals surface area (Å²) < 4.78 is 22.0. The molecule has 2 aliphatic heterocycles. The second-order valence-corrected chi connectivity index (χ2v) is 13.1. The number of ether oxygens (including phenoxy) is 4. The van der Waals surface area contributed by atoms with Crippen LogP contribution in [0.1, 0.15) is 65.9 Å². The number of benzene rings is 1. The lowest BCUT2D eigenvalue weighted by atomic mass is 9.74. The minimum absolute atomic E-state index is 0.123. The molecular weight excluding hydrogens is 644 g/mol. The van der Waals surface area contributed by atoms with Crippen LogP contribution in [0.2, 0.25) is 0 Å². The Morgan fingerprint density at radius 2 is 1.67 bits per heavy atom. The van der Waals surface area contributed by atoms with Gasteiger partial charge in [0.15, 0.2) is 6.10 Å². The molecule has 1 aromatic carbocycles. The predicted octanol–water partition coefficient (Wildman–Crippen LogP) is 2.88. The Balaban J connectivity index is 2.02. The maximum absolute atomic E-state index is 13.0. The van der Waals surface area contributed by atoms with Crippen molar-refractivity contribution in [3.63, 3.8) is 0 Å². The second-order valence-electron chi connectivity index (χ2n) is 13.1. The van der Waals surface area contributed by atoms with Gasteiger partial charge in [0.2, 0.25) is 23.1 Å². The lowest BCUT2D eigenvalue weighted by molar-refractivity contribution is -0.374. The van der Waals surface area contributed by atoms with Crippen LogP contribution in [0.5, 0.6) is 0 Å². The van der Waals surface area contributed by atoms with Crippen molar-refractivity contribution in [3.05, 3.63) is 60.2 Å². The molecule has 5 N–H and O–H groups in total. The average Bonchev–Trinajstić information content (AvgIpc) is 3.25. The number of aliphatic hydroxyl groups is 2. The zero-order valence-electron chi connectivity index (χ0n) is 28.2. The summed E-state index contributed by atoms with van der Waals surface area (Å²) >= 11 is 0. The highest BCUT2D eigenvalue weighted by Crippen LogP contribution is 2.56. The van der Waals surface area contributed by atoms with Crippen molar-refractivity contribution in [2.75, 3.05) is 0 Å². The van der Waals surface area contributed by atoms with Crippen molar-refractivity contribution in [3.8, 4) is 0 Å². The van der Waals surface area contributed by atoms with Crippen molar-refractivity contribution < 1.29 is 68.5 Å². The molecule has 270 valence electrons. The van der Waals surface area contributed by atoms with Gasteiger partial charge in [-0.3, -0.25) is 4.79 Å². The molecule has 0 aliphatic carbocycles. The molecule has 2 saturated heterocycles. The Morgan fingerprint density at radius 1 is 1.04 bits per heavy atom. The molecule has 2 heterocycles. The first-order valence-corrected chi connectivity index (χ1v) is 16.1. The Morgan fingerprint density at radius 3 is 2.20 bits per heavy atom. The number of carboxylic acid groups (broad SMARTS) is 3. The van der Waals surface area contributed by atoms with Crippen molar-refractivity contribution >= 4 is 29.8 Å². The van der Waals surface area contributed by atoms with E-state index in [1.165, 1.54) is 13.0 Å². The number of rotatable bonds is 17. The van der Waals surface area contributed by atoms with E-state index in [2.05, 4.69) is 6.58 Å². The zero-order valence-corrected chi connectivity index (χ0v) is 28.2. The van der Waals surface area contributed by atoms with Crippen molar-refractivity contribution in [1.29, 1.82) is 0 Å². The Bertz CT molecular complexity index is 1440. The molecule has 2 bridgehead atoms. The molecule has 3 rings (SSSR count). The number of aliphatic carboxylic acids is 3. The first-order chi connectivity index (χ1) is 22.9. The summed E-state index contributed by atoms with van der Waals surface area (Å²) in [7, 11) is 0. The first kappa shape index (κ1) is 39.3. The molecule has 14 heteroatoms. The highest BCUT2D eigenvalue weighted by atomic mass is 16.8. The van der Waals surface area contributed by atoms with E-state index in [9.17, 15) is 49.5 Å². The Hall–Kier alpha value is -4.11. The summed E-state index contributed by atoms with van der Waals surface area (Å²) in [6, 6.07) is 9.29. The molecule has 49 heavy (non-hydrogen) atoms. The fraction of sp³-hybridized carbons (Fsp3) is 0.571. The van der Waals surface area contributed by atoms with Gasteiger partial charge in [0.25, 0.3) is 0 Å². The fourth-order valence-corrected chi connectivity index (χ4v) is 6.58. The number of carbonyl (C=O) groups excluding carboxylic acids is 2. The van der Waals surface area contributed by atoms with Gasteiger partial charge in [-0.05, 0) is 42.2 Å². The summed E-state index contributed by atoms with van der Waals surface area (Å²) in [5.74, 6) is -11.3. The lowest BCUT2D eigenvalue weighted by Gasteiger charge is -2.48. The van der Waals surface area contributed by atoms with Crippen LogP contribution in [0.25, 0.3) is 0 Å². The van der Waals surface area contributed by atoms with Crippen LogP contribution >= 0.6 is 0 Å². The topological polar surface area (TPSA) is 223 Å². The van der Waals surface area contributed by atoms with E-state index in [1.807, 2.05) is 51.1 Å². The van der Waals surface area contributed by atoms with Crippen LogP contribution in [0, 0.1) is 17.8 Å². The molecule has 8 unspecified atom stereocenters. The SMILES string of the molecule is C=C(CCC12OC(C(=O)O)C(O)(C(=O)O)C(C(=O)O)(O1)[C@H](OC(=O)/C=C/C(C)CC(C)CC)[C@H]2O)C(OC(C)=O)C(C)Cc1ccccc1. The minimum Gasteiger partial charge on any atom is -0.479 e. The van der Waals surface area contributed by atoms with E-state index in [4.69, 9.17) is 18.9 Å². The largest absolute Gasteiger partial charge is 0.479 e. The van der Waals surface area contributed by atoms with Gasteiger partial charge in [0, 0.05) is 25.3 Å². The van der Waals surface area contributed by atoms with Crippen LogP contribution in [0.3, 0.4) is 0 Å². The van der Waals surface area contributed by atoms with Crippen molar-refractivity contribution in [2.45, 2.75) is 108 Å². The van der Waals surface area contributed by atoms with Gasteiger partial charge in [-0.15, -0.1) is 0 Å². The molecule has 0 saturated carbocycles. The van der Waals surface area contributed by atoms with E-state index >= 15 is 0 Å². The summed E-state index contributed by atoms with van der Waals surface area (Å²) in [5.41, 5.74) is -6.27. The third kappa shape index (κ3) is 7.88. The predicted molar refractivity (Wildman–Crippen MR) is 171 cm³/mol. The first-order valence-electron chi connectivity index (χ1n) is 16.1. The van der Waals surface area contributed by atoms with Gasteiger partial charge < -0.3 is 44.5 Å². The van der Waals surface area contributed by atoms with E-state index in [0.717, 1.165) is 18.1 Å². The number of allylic oxidation sites excluding steroid dienone is 1. The third-order valence-electron chi connectivity index (χ3n) is 9.29. The number of hydrogen-bond donors (Lipinski definition) is 5. The van der Waals surface area contributed by atoms with Gasteiger partial charge in [-0.25, -0.2) is 19.2 Å². The number of esters is 2. The molecule has 0 spiro atoms. The smallest absolute Gasteiger partial charge is 0.344 e. The van der Waals surface area contributed by atoms with Crippen LogP contribution in [0.15, 0.2) is 54.6 Å². The Labute approximate surface area is 284 Å². The second kappa shape index (κ2) is 15.6. The minimum atomic E-state index is -3.90.